The van der Waals surface area contributed by atoms with E-state index in [0.29, 0.717) is 29.1 Å². The third-order valence-corrected chi connectivity index (χ3v) is 3.29. The summed E-state index contributed by atoms with van der Waals surface area (Å²) in [5.41, 5.74) is 1.30. The Morgan fingerprint density at radius 1 is 1.12 bits per heavy atom. The van der Waals surface area contributed by atoms with Gasteiger partial charge in [-0.05, 0) is 44.2 Å². The number of hydrogen-bond donors (Lipinski definition) is 2. The summed E-state index contributed by atoms with van der Waals surface area (Å²) < 4.78 is 5.61. The molecule has 2 rings (SSSR count). The van der Waals surface area contributed by atoms with E-state index in [9.17, 15) is 9.59 Å². The van der Waals surface area contributed by atoms with Crippen molar-refractivity contribution in [1.29, 1.82) is 0 Å². The molecule has 0 aromatic heterocycles. The first-order valence-corrected chi connectivity index (χ1v) is 8.07. The van der Waals surface area contributed by atoms with Gasteiger partial charge in [-0.1, -0.05) is 24.3 Å². The zero-order chi connectivity index (χ0) is 18.2. The van der Waals surface area contributed by atoms with Crippen LogP contribution in [0.5, 0.6) is 5.75 Å². The fraction of sp³-hybridized carbons (Fsp3) is 0.200. The molecule has 0 heterocycles. The number of benzene rings is 2. The van der Waals surface area contributed by atoms with Crippen LogP contribution in [0, 0.1) is 0 Å². The zero-order valence-electron chi connectivity index (χ0n) is 14.4. The monoisotopic (exact) mass is 338 g/mol. The van der Waals surface area contributed by atoms with Gasteiger partial charge >= 0.3 is 0 Å². The molecule has 5 nitrogen and oxygen atoms in total. The van der Waals surface area contributed by atoms with Crippen molar-refractivity contribution in [2.75, 3.05) is 11.9 Å². The minimum atomic E-state index is -0.307. The third-order valence-electron chi connectivity index (χ3n) is 3.29. The Balaban J connectivity index is 2.18. The Morgan fingerprint density at radius 2 is 1.88 bits per heavy atom. The molecule has 0 radical (unpaired) electrons. The Bertz CT molecular complexity index is 769. The van der Waals surface area contributed by atoms with Crippen LogP contribution in [0.4, 0.5) is 5.69 Å². The molecule has 5 heteroatoms. The van der Waals surface area contributed by atoms with Crippen LogP contribution >= 0.6 is 0 Å². The first-order chi connectivity index (χ1) is 12.0. The number of anilines is 1. The van der Waals surface area contributed by atoms with Crippen LogP contribution in [0.2, 0.25) is 0 Å². The predicted octanol–water partition coefficient (Wildman–Crippen LogP) is 3.64. The van der Waals surface area contributed by atoms with Crippen LogP contribution in [-0.4, -0.2) is 24.5 Å². The van der Waals surface area contributed by atoms with Gasteiger partial charge in [0.1, 0.15) is 5.75 Å². The van der Waals surface area contributed by atoms with Crippen molar-refractivity contribution in [2.24, 2.45) is 0 Å². The number of hydrogen-bond acceptors (Lipinski definition) is 3. The topological polar surface area (TPSA) is 67.4 Å². The second kappa shape index (κ2) is 8.68. The van der Waals surface area contributed by atoms with Gasteiger partial charge in [-0.2, -0.15) is 0 Å². The van der Waals surface area contributed by atoms with Gasteiger partial charge in [-0.25, -0.2) is 0 Å². The average molecular weight is 338 g/mol. The number of para-hydroxylation sites is 1. The summed E-state index contributed by atoms with van der Waals surface area (Å²) in [4.78, 5) is 24.7. The standard InChI is InChI=1S/C20H22N2O3/c1-4-12-21-20(24)17-10-5-6-11-18(17)22-19(23)15-8-7-9-16(13-15)25-14(2)3/h4-11,13-14H,1,12H2,2-3H3,(H,21,24)(H,22,23). The summed E-state index contributed by atoms with van der Waals surface area (Å²) >= 11 is 0. The summed E-state index contributed by atoms with van der Waals surface area (Å²) in [6.07, 6.45) is 1.62. The van der Waals surface area contributed by atoms with Crippen molar-refractivity contribution in [3.63, 3.8) is 0 Å². The molecule has 2 aromatic carbocycles. The lowest BCUT2D eigenvalue weighted by molar-refractivity contribution is 0.0959. The molecule has 2 amide bonds. The molecule has 0 aliphatic rings. The van der Waals surface area contributed by atoms with Crippen molar-refractivity contribution in [1.82, 2.24) is 5.32 Å². The molecule has 0 bridgehead atoms. The molecule has 0 atom stereocenters. The van der Waals surface area contributed by atoms with E-state index >= 15 is 0 Å². The van der Waals surface area contributed by atoms with Gasteiger partial charge in [0.05, 0.1) is 17.4 Å². The zero-order valence-corrected chi connectivity index (χ0v) is 14.4. The molecule has 0 spiro atoms. The van der Waals surface area contributed by atoms with E-state index in [1.165, 1.54) is 0 Å². The van der Waals surface area contributed by atoms with Crippen LogP contribution in [0.15, 0.2) is 61.2 Å². The summed E-state index contributed by atoms with van der Waals surface area (Å²) in [6, 6.07) is 13.8. The number of carbonyl (C=O) groups is 2. The molecule has 0 saturated carbocycles. The lowest BCUT2D eigenvalue weighted by atomic mass is 10.1. The van der Waals surface area contributed by atoms with Gasteiger partial charge in [-0.3, -0.25) is 9.59 Å². The minimum absolute atomic E-state index is 0.0209. The Hall–Kier alpha value is -3.08. The largest absolute Gasteiger partial charge is 0.491 e. The van der Waals surface area contributed by atoms with Crippen LogP contribution in [0.1, 0.15) is 34.6 Å². The fourth-order valence-corrected chi connectivity index (χ4v) is 2.23. The highest BCUT2D eigenvalue weighted by atomic mass is 16.5. The van der Waals surface area contributed by atoms with Crippen molar-refractivity contribution in [2.45, 2.75) is 20.0 Å². The molecule has 2 aromatic rings. The van der Waals surface area contributed by atoms with E-state index in [0.717, 1.165) is 0 Å². The lowest BCUT2D eigenvalue weighted by Crippen LogP contribution is -2.25. The fourth-order valence-electron chi connectivity index (χ4n) is 2.23. The van der Waals surface area contributed by atoms with Crippen LogP contribution in [0.3, 0.4) is 0 Å². The van der Waals surface area contributed by atoms with E-state index in [1.807, 2.05) is 13.8 Å². The normalized spacial score (nSPS) is 10.2. The lowest BCUT2D eigenvalue weighted by Gasteiger charge is -2.13. The first kappa shape index (κ1) is 18.3. The van der Waals surface area contributed by atoms with Gasteiger partial charge in [0.2, 0.25) is 0 Å². The van der Waals surface area contributed by atoms with E-state index < -0.39 is 0 Å². The van der Waals surface area contributed by atoms with Crippen molar-refractivity contribution in [3.05, 3.63) is 72.3 Å². The molecular weight excluding hydrogens is 316 g/mol. The molecule has 0 aliphatic heterocycles. The van der Waals surface area contributed by atoms with Gasteiger partial charge < -0.3 is 15.4 Å². The van der Waals surface area contributed by atoms with Gasteiger partial charge in [0.25, 0.3) is 11.8 Å². The highest BCUT2D eigenvalue weighted by molar-refractivity contribution is 6.09. The number of carbonyl (C=O) groups excluding carboxylic acids is 2. The van der Waals surface area contributed by atoms with Gasteiger partial charge in [0.15, 0.2) is 0 Å². The molecular formula is C20H22N2O3. The number of ether oxygens (including phenoxy) is 1. The molecule has 130 valence electrons. The van der Waals surface area contributed by atoms with Crippen molar-refractivity contribution < 1.29 is 14.3 Å². The maximum absolute atomic E-state index is 12.5. The number of nitrogens with one attached hydrogen (secondary N) is 2. The van der Waals surface area contributed by atoms with Gasteiger partial charge in [-0.15, -0.1) is 6.58 Å². The number of amides is 2. The first-order valence-electron chi connectivity index (χ1n) is 8.07. The predicted molar refractivity (Wildman–Crippen MR) is 99.1 cm³/mol. The summed E-state index contributed by atoms with van der Waals surface area (Å²) in [7, 11) is 0. The summed E-state index contributed by atoms with van der Waals surface area (Å²) in [5.74, 6) is 0.0468. The highest BCUT2D eigenvalue weighted by Gasteiger charge is 2.14. The maximum atomic E-state index is 12.5. The molecule has 25 heavy (non-hydrogen) atoms. The van der Waals surface area contributed by atoms with E-state index in [2.05, 4.69) is 17.2 Å². The Morgan fingerprint density at radius 3 is 2.60 bits per heavy atom. The van der Waals surface area contributed by atoms with Crippen LogP contribution < -0.4 is 15.4 Å². The SMILES string of the molecule is C=CCNC(=O)c1ccccc1NC(=O)c1cccc(OC(C)C)c1. The maximum Gasteiger partial charge on any atom is 0.255 e. The van der Waals surface area contributed by atoms with Crippen LogP contribution in [-0.2, 0) is 0 Å². The molecule has 0 unspecified atom stereocenters. The Kier molecular flexibility index (Phi) is 6.34. The summed E-state index contributed by atoms with van der Waals surface area (Å²) in [5, 5.41) is 5.49. The highest BCUT2D eigenvalue weighted by Crippen LogP contribution is 2.19. The third kappa shape index (κ3) is 5.21. The molecule has 0 saturated heterocycles. The Labute approximate surface area is 147 Å². The van der Waals surface area contributed by atoms with Gasteiger partial charge in [0, 0.05) is 12.1 Å². The van der Waals surface area contributed by atoms with Crippen molar-refractivity contribution in [3.8, 4) is 5.75 Å². The second-order valence-electron chi connectivity index (χ2n) is 5.69. The van der Waals surface area contributed by atoms with Crippen molar-refractivity contribution >= 4 is 17.5 Å². The van der Waals surface area contributed by atoms with E-state index in [1.54, 1.807) is 54.6 Å². The minimum Gasteiger partial charge on any atom is -0.491 e. The smallest absolute Gasteiger partial charge is 0.255 e. The number of rotatable bonds is 7. The molecule has 2 N–H and O–H groups in total. The summed E-state index contributed by atoms with van der Waals surface area (Å²) in [6.45, 7) is 7.77. The second-order valence-corrected chi connectivity index (χ2v) is 5.69. The average Bonchev–Trinajstić information content (AvgIpc) is 2.59. The molecule has 0 fully saturated rings. The van der Waals surface area contributed by atoms with E-state index in [4.69, 9.17) is 4.74 Å². The van der Waals surface area contributed by atoms with Crippen LogP contribution in [0.25, 0.3) is 0 Å². The van der Waals surface area contributed by atoms with E-state index in [-0.39, 0.29) is 17.9 Å². The quantitative estimate of drug-likeness (QED) is 0.757. The molecule has 0 aliphatic carbocycles.